The highest BCUT2D eigenvalue weighted by Crippen LogP contribution is 2.10. The predicted molar refractivity (Wildman–Crippen MR) is 73.6 cm³/mol. The normalized spacial score (nSPS) is 17.1. The van der Waals surface area contributed by atoms with Gasteiger partial charge >= 0.3 is 0 Å². The minimum Gasteiger partial charge on any atom is -0.378 e. The zero-order chi connectivity index (χ0) is 13.4. The average molecular weight is 256 g/mol. The van der Waals surface area contributed by atoms with Crippen LogP contribution < -0.4 is 5.32 Å². The van der Waals surface area contributed by atoms with Gasteiger partial charge in [-0.05, 0) is 38.8 Å². The highest BCUT2D eigenvalue weighted by Gasteiger charge is 2.18. The molecule has 1 rings (SSSR count). The molecule has 1 N–H and O–H groups in total. The Morgan fingerprint density at radius 2 is 1.94 bits per heavy atom. The number of carbonyl (C=O) groups excluding carboxylic acids is 1. The van der Waals surface area contributed by atoms with Crippen LogP contribution in [0.1, 0.15) is 46.0 Å². The molecular weight excluding hydrogens is 228 g/mol. The monoisotopic (exact) mass is 256 g/mol. The average Bonchev–Trinajstić information content (AvgIpc) is 2.41. The number of hydrogen-bond acceptors (Lipinski definition) is 3. The van der Waals surface area contributed by atoms with Crippen LogP contribution in [-0.4, -0.2) is 49.7 Å². The van der Waals surface area contributed by atoms with Crippen molar-refractivity contribution in [2.24, 2.45) is 0 Å². The number of nitrogens with one attached hydrogen (secondary N) is 1. The molecule has 1 aliphatic rings. The van der Waals surface area contributed by atoms with Crippen molar-refractivity contribution in [3.8, 4) is 0 Å². The Balaban J connectivity index is 2.19. The van der Waals surface area contributed by atoms with Crippen LogP contribution in [0.2, 0.25) is 0 Å². The van der Waals surface area contributed by atoms with E-state index in [2.05, 4.69) is 19.2 Å². The lowest BCUT2D eigenvalue weighted by Crippen LogP contribution is -2.37. The van der Waals surface area contributed by atoms with Crippen molar-refractivity contribution < 1.29 is 9.53 Å². The van der Waals surface area contributed by atoms with E-state index in [1.807, 2.05) is 11.9 Å². The zero-order valence-electron chi connectivity index (χ0n) is 12.1. The van der Waals surface area contributed by atoms with Gasteiger partial charge in [-0.15, -0.1) is 0 Å². The molecule has 4 nitrogen and oxygen atoms in total. The van der Waals surface area contributed by atoms with Crippen molar-refractivity contribution in [3.05, 3.63) is 0 Å². The summed E-state index contributed by atoms with van der Waals surface area (Å²) in [5.74, 6) is 0.206. The van der Waals surface area contributed by atoms with Crippen molar-refractivity contribution in [2.75, 3.05) is 26.7 Å². The van der Waals surface area contributed by atoms with E-state index >= 15 is 0 Å². The second-order valence-corrected chi connectivity index (χ2v) is 5.05. The fourth-order valence-electron chi connectivity index (χ4n) is 2.49. The molecule has 18 heavy (non-hydrogen) atoms. The van der Waals surface area contributed by atoms with Crippen molar-refractivity contribution in [2.45, 2.75) is 58.1 Å². The van der Waals surface area contributed by atoms with Gasteiger partial charge in [0.1, 0.15) is 0 Å². The quantitative estimate of drug-likeness (QED) is 0.755. The molecule has 4 heteroatoms. The van der Waals surface area contributed by atoms with E-state index in [-0.39, 0.29) is 5.91 Å². The van der Waals surface area contributed by atoms with Crippen LogP contribution in [0.25, 0.3) is 0 Å². The first-order chi connectivity index (χ1) is 8.69. The molecule has 1 fully saturated rings. The Kier molecular flexibility index (Phi) is 7.28. The van der Waals surface area contributed by atoms with Crippen LogP contribution in [0, 0.1) is 0 Å². The number of piperidine rings is 1. The smallest absolute Gasteiger partial charge is 0.224 e. The van der Waals surface area contributed by atoms with Gasteiger partial charge in [0, 0.05) is 13.1 Å². The van der Waals surface area contributed by atoms with Crippen LogP contribution in [0.5, 0.6) is 0 Å². The van der Waals surface area contributed by atoms with Gasteiger partial charge in [-0.1, -0.05) is 13.8 Å². The lowest BCUT2D eigenvalue weighted by molar-refractivity contribution is -0.133. The van der Waals surface area contributed by atoms with Gasteiger partial charge in [0.05, 0.1) is 19.1 Å². The highest BCUT2D eigenvalue weighted by atomic mass is 16.5. The fourth-order valence-corrected chi connectivity index (χ4v) is 2.49. The van der Waals surface area contributed by atoms with E-state index in [0.29, 0.717) is 25.2 Å². The number of carbonyl (C=O) groups is 1. The van der Waals surface area contributed by atoms with E-state index < -0.39 is 0 Å². The number of hydrogen-bond donors (Lipinski definition) is 1. The van der Waals surface area contributed by atoms with Gasteiger partial charge in [-0.25, -0.2) is 0 Å². The predicted octanol–water partition coefficient (Wildman–Crippen LogP) is 1.79. The van der Waals surface area contributed by atoms with Gasteiger partial charge in [0.15, 0.2) is 0 Å². The molecule has 0 aliphatic carbocycles. The molecule has 0 spiro atoms. The molecule has 106 valence electrons. The maximum atomic E-state index is 12.0. The number of nitrogens with zero attached hydrogens (tertiary/aromatic N) is 1. The molecule has 0 unspecified atom stereocenters. The molecule has 0 aromatic rings. The summed E-state index contributed by atoms with van der Waals surface area (Å²) in [4.78, 5) is 13.9. The largest absolute Gasteiger partial charge is 0.378 e. The SMILES string of the molecule is CCC(CC)N(C)C(=O)CCOC1CCNCC1. The minimum atomic E-state index is 0.206. The van der Waals surface area contributed by atoms with Crippen LogP contribution in [-0.2, 0) is 9.53 Å². The molecule has 1 heterocycles. The first kappa shape index (κ1) is 15.4. The Morgan fingerprint density at radius 3 is 2.50 bits per heavy atom. The molecular formula is C14H28N2O2. The van der Waals surface area contributed by atoms with Gasteiger partial charge in [-0.3, -0.25) is 4.79 Å². The Hall–Kier alpha value is -0.610. The third-order valence-electron chi connectivity index (χ3n) is 3.84. The fraction of sp³-hybridized carbons (Fsp3) is 0.929. The standard InChI is InChI=1S/C14H28N2O2/c1-4-12(5-2)16(3)14(17)8-11-18-13-6-9-15-10-7-13/h12-13,15H,4-11H2,1-3H3. The maximum absolute atomic E-state index is 12.0. The molecule has 0 bridgehead atoms. The van der Waals surface area contributed by atoms with Crippen molar-refractivity contribution >= 4 is 5.91 Å². The van der Waals surface area contributed by atoms with Gasteiger partial charge < -0.3 is 15.0 Å². The van der Waals surface area contributed by atoms with E-state index in [0.717, 1.165) is 38.8 Å². The molecule has 0 radical (unpaired) electrons. The first-order valence-electron chi connectivity index (χ1n) is 7.27. The maximum Gasteiger partial charge on any atom is 0.224 e. The molecule has 0 atom stereocenters. The summed E-state index contributed by atoms with van der Waals surface area (Å²) >= 11 is 0. The van der Waals surface area contributed by atoms with E-state index in [1.165, 1.54) is 0 Å². The van der Waals surface area contributed by atoms with Crippen LogP contribution >= 0.6 is 0 Å². The van der Waals surface area contributed by atoms with E-state index in [4.69, 9.17) is 4.74 Å². The number of amides is 1. The lowest BCUT2D eigenvalue weighted by atomic mass is 10.1. The summed E-state index contributed by atoms with van der Waals surface area (Å²) in [6.07, 6.45) is 5.03. The summed E-state index contributed by atoms with van der Waals surface area (Å²) in [5.41, 5.74) is 0. The van der Waals surface area contributed by atoms with E-state index in [9.17, 15) is 4.79 Å². The van der Waals surface area contributed by atoms with Crippen molar-refractivity contribution in [1.82, 2.24) is 10.2 Å². The molecule has 0 aromatic heterocycles. The Labute approximate surface area is 111 Å². The molecule has 1 saturated heterocycles. The minimum absolute atomic E-state index is 0.206. The second kappa shape index (κ2) is 8.48. The van der Waals surface area contributed by atoms with E-state index in [1.54, 1.807) is 0 Å². The van der Waals surface area contributed by atoms with Crippen LogP contribution in [0.3, 0.4) is 0 Å². The third-order valence-corrected chi connectivity index (χ3v) is 3.84. The molecule has 0 saturated carbocycles. The topological polar surface area (TPSA) is 41.6 Å². The summed E-state index contributed by atoms with van der Waals surface area (Å²) in [7, 11) is 1.91. The Bertz CT molecular complexity index is 236. The summed E-state index contributed by atoms with van der Waals surface area (Å²) in [5, 5.41) is 3.31. The Morgan fingerprint density at radius 1 is 1.33 bits per heavy atom. The second-order valence-electron chi connectivity index (χ2n) is 5.05. The zero-order valence-corrected chi connectivity index (χ0v) is 12.1. The van der Waals surface area contributed by atoms with Gasteiger partial charge in [-0.2, -0.15) is 0 Å². The first-order valence-corrected chi connectivity index (χ1v) is 7.27. The van der Waals surface area contributed by atoms with Crippen LogP contribution in [0.4, 0.5) is 0 Å². The molecule has 1 aliphatic heterocycles. The van der Waals surface area contributed by atoms with Crippen molar-refractivity contribution in [3.63, 3.8) is 0 Å². The number of rotatable bonds is 7. The summed E-state index contributed by atoms with van der Waals surface area (Å²) in [6, 6.07) is 0.372. The third kappa shape index (κ3) is 4.94. The summed E-state index contributed by atoms with van der Waals surface area (Å²) < 4.78 is 5.76. The molecule has 0 aromatic carbocycles. The highest BCUT2D eigenvalue weighted by molar-refractivity contribution is 5.76. The molecule has 1 amide bonds. The summed E-state index contributed by atoms with van der Waals surface area (Å²) in [6.45, 7) is 6.89. The van der Waals surface area contributed by atoms with Gasteiger partial charge in [0.25, 0.3) is 0 Å². The van der Waals surface area contributed by atoms with Crippen LogP contribution in [0.15, 0.2) is 0 Å². The number of ether oxygens (including phenoxy) is 1. The van der Waals surface area contributed by atoms with Gasteiger partial charge in [0.2, 0.25) is 5.91 Å². The van der Waals surface area contributed by atoms with Crippen molar-refractivity contribution in [1.29, 1.82) is 0 Å². The lowest BCUT2D eigenvalue weighted by Gasteiger charge is -2.27.